The van der Waals surface area contributed by atoms with E-state index in [0.717, 1.165) is 12.5 Å². The molecule has 0 radical (unpaired) electrons. The molecule has 0 atom stereocenters. The number of rotatable bonds is 3. The summed E-state index contributed by atoms with van der Waals surface area (Å²) in [5.41, 5.74) is -0.0928. The molecule has 1 spiro atoms. The molecule has 0 bridgehead atoms. The monoisotopic (exact) mass is 331 g/mol. The van der Waals surface area contributed by atoms with Gasteiger partial charge in [-0.25, -0.2) is 13.2 Å². The first-order valence-corrected chi connectivity index (χ1v) is 8.27. The lowest BCUT2D eigenvalue weighted by Gasteiger charge is -2.37. The summed E-state index contributed by atoms with van der Waals surface area (Å²) in [4.78, 5) is 10.8. The molecule has 1 N–H and O–H groups in total. The van der Waals surface area contributed by atoms with Gasteiger partial charge in [0.05, 0.1) is 23.8 Å². The highest BCUT2D eigenvalue weighted by molar-refractivity contribution is 7.89. The molecule has 1 aromatic carbocycles. The first kappa shape index (κ1) is 14.8. The third-order valence-corrected chi connectivity index (χ3v) is 6.34. The molecule has 6 nitrogen and oxygen atoms in total. The van der Waals surface area contributed by atoms with Crippen LogP contribution in [0.2, 0.25) is 5.02 Å². The Morgan fingerprint density at radius 2 is 2.10 bits per heavy atom. The van der Waals surface area contributed by atoms with Gasteiger partial charge in [-0.15, -0.1) is 0 Å². The second-order valence-corrected chi connectivity index (χ2v) is 7.85. The molecule has 8 heteroatoms. The predicted molar refractivity (Wildman–Crippen MR) is 75.0 cm³/mol. The third kappa shape index (κ3) is 2.44. The van der Waals surface area contributed by atoms with Crippen LogP contribution in [-0.4, -0.2) is 50.1 Å². The molecule has 0 amide bonds. The zero-order valence-corrected chi connectivity index (χ0v) is 12.7. The second-order valence-electron chi connectivity index (χ2n) is 5.53. The SMILES string of the molecule is O=C(O)c1ccc(S(=O)(=O)N2CCC3(COC3)C2)c(Cl)c1. The van der Waals surface area contributed by atoms with Crippen LogP contribution in [0.1, 0.15) is 16.8 Å². The fourth-order valence-electron chi connectivity index (χ4n) is 2.71. The smallest absolute Gasteiger partial charge is 0.335 e. The molecule has 2 saturated heterocycles. The molecule has 0 saturated carbocycles. The van der Waals surface area contributed by atoms with Crippen LogP contribution in [0.5, 0.6) is 0 Å². The van der Waals surface area contributed by atoms with Crippen molar-refractivity contribution < 1.29 is 23.1 Å². The van der Waals surface area contributed by atoms with Crippen molar-refractivity contribution >= 4 is 27.6 Å². The number of nitrogens with zero attached hydrogens (tertiary/aromatic N) is 1. The minimum absolute atomic E-state index is 0.0377. The Morgan fingerprint density at radius 1 is 1.38 bits per heavy atom. The van der Waals surface area contributed by atoms with Gasteiger partial charge in [-0.1, -0.05) is 11.6 Å². The lowest BCUT2D eigenvalue weighted by Crippen LogP contribution is -2.45. The minimum atomic E-state index is -3.71. The molecular weight excluding hydrogens is 318 g/mol. The van der Waals surface area contributed by atoms with Crippen molar-refractivity contribution in [2.75, 3.05) is 26.3 Å². The molecule has 0 aromatic heterocycles. The van der Waals surface area contributed by atoms with Crippen LogP contribution in [0, 0.1) is 5.41 Å². The zero-order chi connectivity index (χ0) is 15.3. The first-order valence-electron chi connectivity index (χ1n) is 6.45. The molecule has 2 aliphatic rings. The summed E-state index contributed by atoms with van der Waals surface area (Å²) in [5.74, 6) is -1.15. The number of ether oxygens (including phenoxy) is 1. The summed E-state index contributed by atoms with van der Waals surface area (Å²) in [5, 5.41) is 8.82. The Balaban J connectivity index is 1.90. The summed E-state index contributed by atoms with van der Waals surface area (Å²) < 4.78 is 31.8. The van der Waals surface area contributed by atoms with Crippen LogP contribution in [0.25, 0.3) is 0 Å². The van der Waals surface area contributed by atoms with Crippen molar-refractivity contribution in [1.82, 2.24) is 4.31 Å². The maximum atomic E-state index is 12.6. The molecule has 2 heterocycles. The van der Waals surface area contributed by atoms with E-state index in [9.17, 15) is 13.2 Å². The van der Waals surface area contributed by atoms with Gasteiger partial charge in [-0.3, -0.25) is 0 Å². The summed E-state index contributed by atoms with van der Waals surface area (Å²) in [6.07, 6.45) is 0.775. The van der Waals surface area contributed by atoms with Gasteiger partial charge < -0.3 is 9.84 Å². The average Bonchev–Trinajstić information content (AvgIpc) is 2.84. The number of hydrogen-bond acceptors (Lipinski definition) is 4. The number of benzene rings is 1. The van der Waals surface area contributed by atoms with E-state index in [1.807, 2.05) is 0 Å². The van der Waals surface area contributed by atoms with E-state index in [2.05, 4.69) is 0 Å². The highest BCUT2D eigenvalue weighted by atomic mass is 35.5. The number of carboxylic acids is 1. The van der Waals surface area contributed by atoms with E-state index < -0.39 is 16.0 Å². The number of sulfonamides is 1. The fourth-order valence-corrected chi connectivity index (χ4v) is 4.78. The second kappa shape index (κ2) is 4.95. The van der Waals surface area contributed by atoms with E-state index in [1.165, 1.54) is 16.4 Å². The quantitative estimate of drug-likeness (QED) is 0.906. The molecule has 2 fully saturated rings. The Kier molecular flexibility index (Phi) is 3.48. The number of carbonyl (C=O) groups is 1. The van der Waals surface area contributed by atoms with E-state index in [-0.39, 0.29) is 20.9 Å². The van der Waals surface area contributed by atoms with E-state index >= 15 is 0 Å². The lowest BCUT2D eigenvalue weighted by atomic mass is 9.86. The van der Waals surface area contributed by atoms with Crippen LogP contribution >= 0.6 is 11.6 Å². The molecule has 21 heavy (non-hydrogen) atoms. The molecule has 3 rings (SSSR count). The van der Waals surface area contributed by atoms with Crippen molar-refractivity contribution in [3.63, 3.8) is 0 Å². The topological polar surface area (TPSA) is 83.9 Å². The van der Waals surface area contributed by atoms with Gasteiger partial charge in [0, 0.05) is 18.5 Å². The largest absolute Gasteiger partial charge is 0.478 e. The minimum Gasteiger partial charge on any atom is -0.478 e. The lowest BCUT2D eigenvalue weighted by molar-refractivity contribution is -0.102. The third-order valence-electron chi connectivity index (χ3n) is 4.02. The average molecular weight is 332 g/mol. The van der Waals surface area contributed by atoms with E-state index in [4.69, 9.17) is 21.4 Å². The molecular formula is C13H14ClNO5S. The van der Waals surface area contributed by atoms with Crippen molar-refractivity contribution in [1.29, 1.82) is 0 Å². The van der Waals surface area contributed by atoms with Crippen LogP contribution < -0.4 is 0 Å². The molecule has 1 aromatic rings. The summed E-state index contributed by atoms with van der Waals surface area (Å²) >= 11 is 5.96. The van der Waals surface area contributed by atoms with Gasteiger partial charge in [0.2, 0.25) is 10.0 Å². The van der Waals surface area contributed by atoms with Crippen LogP contribution in [-0.2, 0) is 14.8 Å². The molecule has 114 valence electrons. The Labute approximate surface area is 127 Å². The number of hydrogen-bond donors (Lipinski definition) is 1. The standard InChI is InChI=1S/C13H14ClNO5S/c14-10-5-9(12(16)17)1-2-11(10)21(18,19)15-4-3-13(6-15)7-20-8-13/h1-2,5H,3-4,6-8H2,(H,16,17). The first-order chi connectivity index (χ1) is 9.84. The van der Waals surface area contributed by atoms with Crippen LogP contribution in [0.3, 0.4) is 0 Å². The van der Waals surface area contributed by atoms with Crippen LogP contribution in [0.15, 0.2) is 23.1 Å². The highest BCUT2D eigenvalue weighted by Crippen LogP contribution is 2.40. The fraction of sp³-hybridized carbons (Fsp3) is 0.462. The van der Waals surface area contributed by atoms with Crippen molar-refractivity contribution in [3.05, 3.63) is 28.8 Å². The number of halogens is 1. The van der Waals surface area contributed by atoms with Gasteiger partial charge in [0.25, 0.3) is 0 Å². The summed E-state index contributed by atoms with van der Waals surface area (Å²) in [7, 11) is -3.71. The molecule has 0 aliphatic carbocycles. The van der Waals surface area contributed by atoms with Crippen molar-refractivity contribution in [2.24, 2.45) is 5.41 Å². The van der Waals surface area contributed by atoms with Crippen molar-refractivity contribution in [3.8, 4) is 0 Å². The number of aromatic carboxylic acids is 1. The highest BCUT2D eigenvalue weighted by Gasteiger charge is 2.48. The Hall–Kier alpha value is -1.15. The normalized spacial score (nSPS) is 21.4. The predicted octanol–water partition coefficient (Wildman–Crippen LogP) is 1.45. The maximum Gasteiger partial charge on any atom is 0.335 e. The summed E-state index contributed by atoms with van der Waals surface area (Å²) in [6.45, 7) is 2.03. The van der Waals surface area contributed by atoms with Crippen LogP contribution in [0.4, 0.5) is 0 Å². The van der Waals surface area contributed by atoms with Gasteiger partial charge in [-0.05, 0) is 24.6 Å². The van der Waals surface area contributed by atoms with E-state index in [1.54, 1.807) is 0 Å². The van der Waals surface area contributed by atoms with Gasteiger partial charge in [0.1, 0.15) is 4.90 Å². The van der Waals surface area contributed by atoms with Gasteiger partial charge in [-0.2, -0.15) is 4.31 Å². The molecule has 0 unspecified atom stereocenters. The van der Waals surface area contributed by atoms with E-state index in [0.29, 0.717) is 26.3 Å². The maximum absolute atomic E-state index is 12.6. The van der Waals surface area contributed by atoms with Gasteiger partial charge >= 0.3 is 5.97 Å². The number of carboxylic acid groups (broad SMARTS) is 1. The Morgan fingerprint density at radius 3 is 2.57 bits per heavy atom. The zero-order valence-electron chi connectivity index (χ0n) is 11.1. The summed E-state index contributed by atoms with van der Waals surface area (Å²) in [6, 6.07) is 3.66. The molecule has 2 aliphatic heterocycles. The Bertz CT molecular complexity index is 699. The van der Waals surface area contributed by atoms with Crippen molar-refractivity contribution in [2.45, 2.75) is 11.3 Å². The van der Waals surface area contributed by atoms with Gasteiger partial charge in [0.15, 0.2) is 0 Å².